The average Bonchev–Trinajstić information content (AvgIpc) is 3.38. The summed E-state index contributed by atoms with van der Waals surface area (Å²) in [6.07, 6.45) is 5.92. The largest absolute Gasteiger partial charge is 0.444 e. The Balaban J connectivity index is 1.55. The number of rotatable bonds is 3. The third kappa shape index (κ3) is 4.16. The summed E-state index contributed by atoms with van der Waals surface area (Å²) in [7, 11) is 1.84. The van der Waals surface area contributed by atoms with E-state index >= 15 is 0 Å². The SMILES string of the molecule is CN(C(=O)OC(C)(C)C)C1CCN(c2ccnc(C3CC3)n2)CC1. The van der Waals surface area contributed by atoms with Gasteiger partial charge in [0.25, 0.3) is 0 Å². The molecule has 1 saturated heterocycles. The van der Waals surface area contributed by atoms with Crippen LogP contribution in [0.3, 0.4) is 0 Å². The maximum Gasteiger partial charge on any atom is 0.410 e. The van der Waals surface area contributed by atoms with Crippen molar-refractivity contribution < 1.29 is 9.53 Å². The van der Waals surface area contributed by atoms with E-state index in [0.29, 0.717) is 5.92 Å². The molecule has 0 atom stereocenters. The third-order valence-electron chi connectivity index (χ3n) is 4.62. The second-order valence-corrected chi connectivity index (χ2v) is 7.86. The molecule has 2 heterocycles. The number of amides is 1. The van der Waals surface area contributed by atoms with Crippen LogP contribution in [0.1, 0.15) is 58.2 Å². The molecule has 132 valence electrons. The molecule has 6 heteroatoms. The van der Waals surface area contributed by atoms with Gasteiger partial charge in [-0.25, -0.2) is 14.8 Å². The van der Waals surface area contributed by atoms with Crippen LogP contribution >= 0.6 is 0 Å². The van der Waals surface area contributed by atoms with Crippen molar-refractivity contribution >= 4 is 11.9 Å². The van der Waals surface area contributed by atoms with Gasteiger partial charge < -0.3 is 14.5 Å². The van der Waals surface area contributed by atoms with Gasteiger partial charge in [-0.1, -0.05) is 0 Å². The van der Waals surface area contributed by atoms with Crippen molar-refractivity contribution in [2.45, 2.75) is 64.0 Å². The normalized spacial score (nSPS) is 19.2. The fourth-order valence-corrected chi connectivity index (χ4v) is 3.04. The molecule has 24 heavy (non-hydrogen) atoms. The molecule has 3 rings (SSSR count). The van der Waals surface area contributed by atoms with E-state index in [-0.39, 0.29) is 12.1 Å². The standard InChI is InChI=1S/C18H28N4O2/c1-18(2,3)24-17(23)21(4)14-8-11-22(12-9-14)15-7-10-19-16(20-15)13-5-6-13/h7,10,13-14H,5-6,8-9,11-12H2,1-4H3. The van der Waals surface area contributed by atoms with Crippen LogP contribution in [-0.4, -0.2) is 52.7 Å². The van der Waals surface area contributed by atoms with Crippen LogP contribution in [-0.2, 0) is 4.74 Å². The van der Waals surface area contributed by atoms with Crippen LogP contribution in [0.25, 0.3) is 0 Å². The summed E-state index contributed by atoms with van der Waals surface area (Å²) >= 11 is 0. The van der Waals surface area contributed by atoms with Crippen molar-refractivity contribution in [1.29, 1.82) is 0 Å². The minimum Gasteiger partial charge on any atom is -0.444 e. The molecule has 1 amide bonds. The van der Waals surface area contributed by atoms with Gasteiger partial charge in [0.1, 0.15) is 17.2 Å². The Morgan fingerprint density at radius 3 is 2.50 bits per heavy atom. The van der Waals surface area contributed by atoms with E-state index in [1.807, 2.05) is 40.1 Å². The molecule has 0 spiro atoms. The summed E-state index contributed by atoms with van der Waals surface area (Å²) in [6.45, 7) is 7.49. The Hall–Kier alpha value is -1.85. The lowest BCUT2D eigenvalue weighted by atomic mass is 10.0. The Morgan fingerprint density at radius 2 is 1.92 bits per heavy atom. The highest BCUT2D eigenvalue weighted by Crippen LogP contribution is 2.38. The van der Waals surface area contributed by atoms with Crippen LogP contribution in [0, 0.1) is 0 Å². The van der Waals surface area contributed by atoms with Crippen molar-refractivity contribution in [3.8, 4) is 0 Å². The molecule has 0 bridgehead atoms. The zero-order chi connectivity index (χ0) is 17.3. The number of carbonyl (C=O) groups is 1. The molecule has 0 N–H and O–H groups in total. The number of carbonyl (C=O) groups excluding carboxylic acids is 1. The molecule has 1 saturated carbocycles. The van der Waals surface area contributed by atoms with Gasteiger partial charge in [-0.2, -0.15) is 0 Å². The topological polar surface area (TPSA) is 58.6 Å². The number of ether oxygens (including phenoxy) is 1. The first-order chi connectivity index (χ1) is 11.3. The number of hydrogen-bond donors (Lipinski definition) is 0. The Labute approximate surface area is 144 Å². The molecule has 1 aromatic rings. The first-order valence-electron chi connectivity index (χ1n) is 8.87. The minimum atomic E-state index is -0.452. The van der Waals surface area contributed by atoms with Gasteiger partial charge in [0.2, 0.25) is 0 Å². The second kappa shape index (κ2) is 6.57. The van der Waals surface area contributed by atoms with E-state index in [9.17, 15) is 4.79 Å². The number of piperidine rings is 1. The van der Waals surface area contributed by atoms with E-state index in [0.717, 1.165) is 37.6 Å². The zero-order valence-corrected chi connectivity index (χ0v) is 15.2. The second-order valence-electron chi connectivity index (χ2n) is 7.86. The molecule has 2 aliphatic rings. The predicted molar refractivity (Wildman–Crippen MR) is 93.2 cm³/mol. The highest BCUT2D eigenvalue weighted by Gasteiger charge is 2.30. The summed E-state index contributed by atoms with van der Waals surface area (Å²) < 4.78 is 5.47. The van der Waals surface area contributed by atoms with E-state index in [1.54, 1.807) is 4.90 Å². The lowest BCUT2D eigenvalue weighted by molar-refractivity contribution is 0.0201. The molecule has 0 aromatic carbocycles. The number of anilines is 1. The highest BCUT2D eigenvalue weighted by molar-refractivity contribution is 5.68. The molecule has 2 fully saturated rings. The van der Waals surface area contributed by atoms with Gasteiger partial charge in [0.05, 0.1) is 0 Å². The van der Waals surface area contributed by atoms with Gasteiger partial charge in [0.15, 0.2) is 0 Å². The van der Waals surface area contributed by atoms with E-state index in [1.165, 1.54) is 12.8 Å². The number of nitrogens with zero attached hydrogens (tertiary/aromatic N) is 4. The lowest BCUT2D eigenvalue weighted by Gasteiger charge is -2.37. The Bertz CT molecular complexity index is 587. The molecular weight excluding hydrogens is 304 g/mol. The van der Waals surface area contributed by atoms with E-state index < -0.39 is 5.60 Å². The first kappa shape index (κ1) is 17.0. The van der Waals surface area contributed by atoms with Crippen molar-refractivity contribution in [2.75, 3.05) is 25.0 Å². The molecule has 1 aliphatic carbocycles. The summed E-state index contributed by atoms with van der Waals surface area (Å²) in [4.78, 5) is 25.4. The predicted octanol–water partition coefficient (Wildman–Crippen LogP) is 3.19. The van der Waals surface area contributed by atoms with Crippen LogP contribution < -0.4 is 4.90 Å². The first-order valence-corrected chi connectivity index (χ1v) is 8.87. The fraction of sp³-hybridized carbons (Fsp3) is 0.722. The number of hydrogen-bond acceptors (Lipinski definition) is 5. The van der Waals surface area contributed by atoms with Gasteiger partial charge >= 0.3 is 6.09 Å². The summed E-state index contributed by atoms with van der Waals surface area (Å²) in [6, 6.07) is 2.21. The van der Waals surface area contributed by atoms with Crippen LogP contribution in [0.4, 0.5) is 10.6 Å². The molecule has 1 aliphatic heterocycles. The third-order valence-corrected chi connectivity index (χ3v) is 4.62. The number of aromatic nitrogens is 2. The highest BCUT2D eigenvalue weighted by atomic mass is 16.6. The van der Waals surface area contributed by atoms with E-state index in [4.69, 9.17) is 9.72 Å². The maximum absolute atomic E-state index is 12.2. The molecule has 1 aromatic heterocycles. The van der Waals surface area contributed by atoms with Crippen LogP contribution in [0.5, 0.6) is 0 Å². The van der Waals surface area contributed by atoms with E-state index in [2.05, 4.69) is 9.88 Å². The van der Waals surface area contributed by atoms with Crippen molar-refractivity contribution in [2.24, 2.45) is 0 Å². The smallest absolute Gasteiger partial charge is 0.410 e. The molecule has 6 nitrogen and oxygen atoms in total. The lowest BCUT2D eigenvalue weighted by Crippen LogP contribution is -2.47. The minimum absolute atomic E-state index is 0.223. The van der Waals surface area contributed by atoms with Gasteiger partial charge in [-0.15, -0.1) is 0 Å². The quantitative estimate of drug-likeness (QED) is 0.851. The summed E-state index contributed by atoms with van der Waals surface area (Å²) in [5, 5.41) is 0. The summed E-state index contributed by atoms with van der Waals surface area (Å²) in [5.74, 6) is 2.58. The molecular formula is C18H28N4O2. The van der Waals surface area contributed by atoms with Gasteiger partial charge in [-0.05, 0) is 52.5 Å². The summed E-state index contributed by atoms with van der Waals surface area (Å²) in [5.41, 5.74) is -0.452. The van der Waals surface area contributed by atoms with Gasteiger partial charge in [0, 0.05) is 38.3 Å². The monoisotopic (exact) mass is 332 g/mol. The molecule has 0 unspecified atom stereocenters. The Kier molecular flexibility index (Phi) is 4.65. The zero-order valence-electron chi connectivity index (χ0n) is 15.2. The van der Waals surface area contributed by atoms with Crippen LogP contribution in [0.2, 0.25) is 0 Å². The van der Waals surface area contributed by atoms with Crippen molar-refractivity contribution in [1.82, 2.24) is 14.9 Å². The maximum atomic E-state index is 12.2. The molecule has 0 radical (unpaired) electrons. The Morgan fingerprint density at radius 1 is 1.25 bits per heavy atom. The van der Waals surface area contributed by atoms with Crippen LogP contribution in [0.15, 0.2) is 12.3 Å². The van der Waals surface area contributed by atoms with Crippen molar-refractivity contribution in [3.05, 3.63) is 18.1 Å². The average molecular weight is 332 g/mol. The van der Waals surface area contributed by atoms with Crippen molar-refractivity contribution in [3.63, 3.8) is 0 Å². The van der Waals surface area contributed by atoms with Gasteiger partial charge in [-0.3, -0.25) is 0 Å². The fourth-order valence-electron chi connectivity index (χ4n) is 3.04.